The van der Waals surface area contributed by atoms with Crippen LogP contribution in [0.25, 0.3) is 0 Å². The zero-order valence-electron chi connectivity index (χ0n) is 15.1. The first-order valence-corrected chi connectivity index (χ1v) is 10.5. The van der Waals surface area contributed by atoms with Gasteiger partial charge in [0.2, 0.25) is 21.8 Å². The van der Waals surface area contributed by atoms with Crippen molar-refractivity contribution in [3.63, 3.8) is 0 Å². The Bertz CT molecular complexity index is 690. The van der Waals surface area contributed by atoms with E-state index in [1.165, 1.54) is 0 Å². The molecule has 10 heteroatoms. The van der Waals surface area contributed by atoms with Crippen molar-refractivity contribution in [2.45, 2.75) is 25.8 Å². The molecule has 26 heavy (non-hydrogen) atoms. The van der Waals surface area contributed by atoms with Crippen LogP contribution in [0.3, 0.4) is 0 Å². The summed E-state index contributed by atoms with van der Waals surface area (Å²) in [5.41, 5.74) is 0.446. The minimum absolute atomic E-state index is 0. The topological polar surface area (TPSA) is 87.2 Å². The van der Waals surface area contributed by atoms with E-state index < -0.39 is 27.9 Å². The van der Waals surface area contributed by atoms with Crippen LogP contribution in [0.15, 0.2) is 11.8 Å². The third-order valence-electron chi connectivity index (χ3n) is 4.98. The molecule has 0 unspecified atom stereocenters. The second kappa shape index (κ2) is 8.24. The number of amides is 2. The summed E-state index contributed by atoms with van der Waals surface area (Å²) in [6, 6.07) is -0.462. The monoisotopic (exact) mass is 407 g/mol. The largest absolute Gasteiger partial charge is 0.379 e. The smallest absolute Gasteiger partial charge is 0.246 e. The Hall–Kier alpha value is -1.16. The van der Waals surface area contributed by atoms with Gasteiger partial charge in [0.05, 0.1) is 43.7 Å². The molecule has 0 spiro atoms. The molecule has 0 bridgehead atoms. The van der Waals surface area contributed by atoms with Crippen molar-refractivity contribution in [1.82, 2.24) is 14.1 Å². The summed E-state index contributed by atoms with van der Waals surface area (Å²) in [6.07, 6.45) is 4.06. The van der Waals surface area contributed by atoms with Crippen LogP contribution in [-0.4, -0.2) is 86.0 Å². The lowest BCUT2D eigenvalue weighted by Crippen LogP contribution is -2.48. The molecule has 0 saturated carbocycles. The van der Waals surface area contributed by atoms with Gasteiger partial charge in [0.1, 0.15) is 0 Å². The molecule has 3 rings (SSSR count). The molecule has 3 heterocycles. The van der Waals surface area contributed by atoms with Crippen molar-refractivity contribution in [3.05, 3.63) is 11.8 Å². The molecule has 8 nitrogen and oxygen atoms in total. The van der Waals surface area contributed by atoms with Crippen LogP contribution in [0.4, 0.5) is 0 Å². The van der Waals surface area contributed by atoms with E-state index in [1.54, 1.807) is 11.0 Å². The molecule has 3 aliphatic heterocycles. The number of hydrogen-bond acceptors (Lipinski definition) is 6. The van der Waals surface area contributed by atoms with Gasteiger partial charge in [0.15, 0.2) is 0 Å². The molecule has 2 atom stereocenters. The van der Waals surface area contributed by atoms with E-state index in [0.29, 0.717) is 45.0 Å². The molecule has 0 aromatic carbocycles. The predicted molar refractivity (Wildman–Crippen MR) is 98.2 cm³/mol. The van der Waals surface area contributed by atoms with Gasteiger partial charge >= 0.3 is 0 Å². The standard InChI is InChI=1S/C16H25N3O5S.ClH/c1-3-4-12-15-13(19(16(12)21)25(2,22)23)5-6-18(15)14(20)11-17-7-9-24-10-8-17;/h5,12,15H,3-4,6-11H2,1-2H3;1H/t12-,15-;/m1./s1. The summed E-state index contributed by atoms with van der Waals surface area (Å²) < 4.78 is 30.3. The van der Waals surface area contributed by atoms with Crippen LogP contribution >= 0.6 is 12.4 Å². The average molecular weight is 408 g/mol. The van der Waals surface area contributed by atoms with Crippen LogP contribution in [0.5, 0.6) is 0 Å². The van der Waals surface area contributed by atoms with Crippen molar-refractivity contribution >= 4 is 34.2 Å². The predicted octanol–water partition coefficient (Wildman–Crippen LogP) is 0.0532. The SMILES string of the molecule is CCC[C@H]1C(=O)N(S(C)(=O)=O)C2=CCN(C(=O)CN3CCOCC3)[C@@H]21.Cl. The van der Waals surface area contributed by atoms with Gasteiger partial charge in [-0.3, -0.25) is 14.5 Å². The van der Waals surface area contributed by atoms with Crippen molar-refractivity contribution in [2.75, 3.05) is 45.6 Å². The third-order valence-corrected chi connectivity index (χ3v) is 6.04. The zero-order chi connectivity index (χ0) is 18.2. The molecule has 2 saturated heterocycles. The van der Waals surface area contributed by atoms with Gasteiger partial charge in [-0.15, -0.1) is 12.4 Å². The van der Waals surface area contributed by atoms with E-state index in [9.17, 15) is 18.0 Å². The molecular weight excluding hydrogens is 382 g/mol. The third kappa shape index (κ3) is 3.90. The number of nitrogens with zero attached hydrogens (tertiary/aromatic N) is 3. The number of fused-ring (bicyclic) bond motifs is 1. The maximum Gasteiger partial charge on any atom is 0.246 e. The van der Waals surface area contributed by atoms with Crippen LogP contribution < -0.4 is 0 Å². The van der Waals surface area contributed by atoms with E-state index in [0.717, 1.165) is 17.0 Å². The van der Waals surface area contributed by atoms with Gasteiger partial charge in [-0.2, -0.15) is 0 Å². The first kappa shape index (κ1) is 21.1. The van der Waals surface area contributed by atoms with Gasteiger partial charge in [-0.25, -0.2) is 12.7 Å². The van der Waals surface area contributed by atoms with Crippen LogP contribution in [0, 0.1) is 5.92 Å². The number of rotatable bonds is 5. The lowest BCUT2D eigenvalue weighted by Gasteiger charge is -2.31. The minimum Gasteiger partial charge on any atom is -0.379 e. The van der Waals surface area contributed by atoms with E-state index in [2.05, 4.69) is 0 Å². The van der Waals surface area contributed by atoms with Crippen molar-refractivity contribution in [1.29, 1.82) is 0 Å². The number of morpholine rings is 1. The average Bonchev–Trinajstić information content (AvgIpc) is 3.07. The fourth-order valence-corrected chi connectivity index (χ4v) is 4.90. The Kier molecular flexibility index (Phi) is 6.70. The van der Waals surface area contributed by atoms with E-state index >= 15 is 0 Å². The number of carbonyl (C=O) groups is 2. The molecule has 2 amide bonds. The molecule has 0 aromatic rings. The van der Waals surface area contributed by atoms with E-state index in [4.69, 9.17) is 4.74 Å². The van der Waals surface area contributed by atoms with Crippen molar-refractivity contribution in [2.24, 2.45) is 5.92 Å². The molecule has 3 aliphatic rings. The Morgan fingerprint density at radius 3 is 2.54 bits per heavy atom. The number of carbonyl (C=O) groups excluding carboxylic acids is 2. The second-order valence-corrected chi connectivity index (χ2v) is 8.60. The Balaban J connectivity index is 0.00000243. The Labute approximate surface area is 160 Å². The van der Waals surface area contributed by atoms with Gasteiger partial charge in [-0.1, -0.05) is 13.3 Å². The van der Waals surface area contributed by atoms with Gasteiger partial charge in [-0.05, 0) is 12.5 Å². The summed E-state index contributed by atoms with van der Waals surface area (Å²) in [7, 11) is -3.68. The Morgan fingerprint density at radius 2 is 1.96 bits per heavy atom. The zero-order valence-corrected chi connectivity index (χ0v) is 16.7. The molecule has 148 valence electrons. The lowest BCUT2D eigenvalue weighted by molar-refractivity contribution is -0.135. The number of hydrogen-bond donors (Lipinski definition) is 0. The van der Waals surface area contributed by atoms with Gasteiger partial charge in [0, 0.05) is 19.6 Å². The number of sulfonamides is 1. The summed E-state index contributed by atoms with van der Waals surface area (Å²) in [4.78, 5) is 29.1. The normalized spacial score (nSPS) is 26.5. The van der Waals surface area contributed by atoms with E-state index in [1.807, 2.05) is 11.8 Å². The lowest BCUT2D eigenvalue weighted by atomic mass is 9.96. The molecule has 0 aliphatic carbocycles. The first-order chi connectivity index (χ1) is 11.8. The number of ether oxygens (including phenoxy) is 1. The minimum atomic E-state index is -3.68. The summed E-state index contributed by atoms with van der Waals surface area (Å²) >= 11 is 0. The quantitative estimate of drug-likeness (QED) is 0.640. The highest BCUT2D eigenvalue weighted by molar-refractivity contribution is 7.89. The summed E-state index contributed by atoms with van der Waals surface area (Å²) in [6.45, 7) is 5.21. The first-order valence-electron chi connectivity index (χ1n) is 8.68. The maximum absolute atomic E-state index is 12.8. The Morgan fingerprint density at radius 1 is 1.31 bits per heavy atom. The maximum atomic E-state index is 12.8. The molecule has 2 fully saturated rings. The highest BCUT2D eigenvalue weighted by Gasteiger charge is 2.53. The highest BCUT2D eigenvalue weighted by Crippen LogP contribution is 2.40. The summed E-state index contributed by atoms with van der Waals surface area (Å²) in [5, 5.41) is 0. The van der Waals surface area contributed by atoms with Crippen LogP contribution in [0.2, 0.25) is 0 Å². The van der Waals surface area contributed by atoms with Crippen LogP contribution in [0.1, 0.15) is 19.8 Å². The van der Waals surface area contributed by atoms with Gasteiger partial charge < -0.3 is 9.64 Å². The fraction of sp³-hybridized carbons (Fsp3) is 0.750. The second-order valence-electron chi connectivity index (χ2n) is 6.77. The molecule has 0 aromatic heterocycles. The summed E-state index contributed by atoms with van der Waals surface area (Å²) in [5.74, 6) is -0.964. The fourth-order valence-electron chi connectivity index (χ4n) is 3.87. The molecule has 0 N–H and O–H groups in total. The highest BCUT2D eigenvalue weighted by atomic mass is 35.5. The van der Waals surface area contributed by atoms with Crippen molar-refractivity contribution < 1.29 is 22.7 Å². The van der Waals surface area contributed by atoms with Gasteiger partial charge in [0.25, 0.3) is 0 Å². The van der Waals surface area contributed by atoms with Crippen molar-refractivity contribution in [3.8, 4) is 0 Å². The van der Waals surface area contributed by atoms with Crippen LogP contribution in [-0.2, 0) is 24.3 Å². The van der Waals surface area contributed by atoms with E-state index in [-0.39, 0.29) is 24.9 Å². The number of halogens is 1. The molecule has 0 radical (unpaired) electrons. The molecular formula is C16H26ClN3O5S.